The Labute approximate surface area is 121 Å². The van der Waals surface area contributed by atoms with Gasteiger partial charge in [0.15, 0.2) is 17.0 Å². The van der Waals surface area contributed by atoms with Gasteiger partial charge in [-0.05, 0) is 19.8 Å². The lowest BCUT2D eigenvalue weighted by atomic mass is 10.1. The maximum atomic E-state index is 12.5. The van der Waals surface area contributed by atoms with E-state index in [1.54, 1.807) is 18.3 Å². The highest BCUT2D eigenvalue weighted by Gasteiger charge is 2.28. The molecule has 1 aromatic carbocycles. The first-order valence-electron chi connectivity index (χ1n) is 6.72. The van der Waals surface area contributed by atoms with Crippen molar-refractivity contribution in [2.45, 2.75) is 25.8 Å². The number of carbonyl (C=O) groups is 1. The first kappa shape index (κ1) is 13.4. The van der Waals surface area contributed by atoms with Gasteiger partial charge in [-0.1, -0.05) is 12.1 Å². The molecule has 21 heavy (non-hydrogen) atoms. The van der Waals surface area contributed by atoms with E-state index >= 15 is 0 Å². The predicted molar refractivity (Wildman–Crippen MR) is 79.3 cm³/mol. The van der Waals surface area contributed by atoms with Crippen molar-refractivity contribution in [1.82, 2.24) is 4.57 Å². The number of hydrogen-bond acceptors (Lipinski definition) is 3. The Hall–Kier alpha value is -2.61. The van der Waals surface area contributed by atoms with Crippen LogP contribution in [0.5, 0.6) is 5.75 Å². The fraction of sp³-hybridized carbons (Fsp3) is 0.312. The number of ether oxygens (including phenoxy) is 1. The lowest BCUT2D eigenvalue weighted by molar-refractivity contribution is 0.101. The van der Waals surface area contributed by atoms with Gasteiger partial charge >= 0.3 is 0 Å². The monoisotopic (exact) mass is 282 g/mol. The molecule has 1 aliphatic rings. The molecule has 106 valence electrons. The summed E-state index contributed by atoms with van der Waals surface area (Å²) < 4.78 is 7.28. The van der Waals surface area contributed by atoms with Crippen molar-refractivity contribution in [2.24, 2.45) is 0 Å². The van der Waals surface area contributed by atoms with Gasteiger partial charge in [-0.2, -0.15) is 0 Å². The van der Waals surface area contributed by atoms with E-state index in [0.717, 1.165) is 12.8 Å². The molecule has 0 N–H and O–H groups in total. The van der Waals surface area contributed by atoms with E-state index in [0.29, 0.717) is 22.3 Å². The van der Waals surface area contributed by atoms with E-state index in [9.17, 15) is 9.59 Å². The molecule has 1 aromatic heterocycles. The number of fused-ring (bicyclic) bond motifs is 1. The van der Waals surface area contributed by atoms with E-state index in [-0.39, 0.29) is 22.8 Å². The van der Waals surface area contributed by atoms with Crippen LogP contribution in [0.25, 0.3) is 15.7 Å². The van der Waals surface area contributed by atoms with E-state index < -0.39 is 0 Å². The van der Waals surface area contributed by atoms with Crippen LogP contribution in [0.4, 0.5) is 5.69 Å². The third-order valence-electron chi connectivity index (χ3n) is 3.77. The molecule has 0 amide bonds. The molecule has 1 fully saturated rings. The van der Waals surface area contributed by atoms with Gasteiger partial charge in [0.25, 0.3) is 0 Å². The fourth-order valence-electron chi connectivity index (χ4n) is 2.59. The lowest BCUT2D eigenvalue weighted by Crippen LogP contribution is -2.17. The number of aromatic nitrogens is 1. The largest absolute Gasteiger partial charge is 0.506 e. The van der Waals surface area contributed by atoms with Gasteiger partial charge < -0.3 is 9.30 Å². The van der Waals surface area contributed by atoms with E-state index in [4.69, 9.17) is 11.3 Å². The quantitative estimate of drug-likeness (QED) is 0.642. The molecule has 0 saturated heterocycles. The summed E-state index contributed by atoms with van der Waals surface area (Å²) in [6.45, 7) is 8.62. The van der Waals surface area contributed by atoms with Gasteiger partial charge in [-0.15, -0.1) is 0 Å². The number of nitrogens with zero attached hydrogens (tertiary/aromatic N) is 2. The van der Waals surface area contributed by atoms with Crippen molar-refractivity contribution in [3.63, 3.8) is 0 Å². The van der Waals surface area contributed by atoms with Crippen LogP contribution >= 0.6 is 0 Å². The van der Waals surface area contributed by atoms with Gasteiger partial charge in [0.1, 0.15) is 0 Å². The Bertz CT molecular complexity index is 854. The van der Waals surface area contributed by atoms with Crippen LogP contribution in [0.2, 0.25) is 0 Å². The molecule has 1 saturated carbocycles. The van der Waals surface area contributed by atoms with Crippen LogP contribution < -0.4 is 10.2 Å². The molecular formula is C16H14N2O3. The Kier molecular flexibility index (Phi) is 3.02. The SMILES string of the molecule is [C-]#[N+]c1ccc2c(=O)c(C(C)=O)cn(C3CC3)c2c1OC. The average Bonchev–Trinajstić information content (AvgIpc) is 3.30. The van der Waals surface area contributed by atoms with Crippen LogP contribution in [-0.4, -0.2) is 17.5 Å². The number of pyridine rings is 1. The Morgan fingerprint density at radius 1 is 1.43 bits per heavy atom. The second-order valence-corrected chi connectivity index (χ2v) is 5.19. The maximum Gasteiger partial charge on any atom is 0.230 e. The molecule has 0 bridgehead atoms. The average molecular weight is 282 g/mol. The highest BCUT2D eigenvalue weighted by atomic mass is 16.5. The van der Waals surface area contributed by atoms with Crippen LogP contribution in [-0.2, 0) is 0 Å². The molecule has 1 aliphatic carbocycles. The van der Waals surface area contributed by atoms with Crippen LogP contribution in [0.15, 0.2) is 23.1 Å². The smallest absolute Gasteiger partial charge is 0.230 e. The summed E-state index contributed by atoms with van der Waals surface area (Å²) in [4.78, 5) is 27.6. The molecule has 5 nitrogen and oxygen atoms in total. The van der Waals surface area contributed by atoms with Crippen LogP contribution in [0.3, 0.4) is 0 Å². The summed E-state index contributed by atoms with van der Waals surface area (Å²) in [7, 11) is 1.49. The third kappa shape index (κ3) is 2.00. The predicted octanol–water partition coefficient (Wildman–Crippen LogP) is 3.10. The van der Waals surface area contributed by atoms with E-state index in [1.165, 1.54) is 14.0 Å². The number of Topliss-reactive ketones (excluding diaryl/α,β-unsaturated/α-hetero) is 1. The molecular weight excluding hydrogens is 268 g/mol. The topological polar surface area (TPSA) is 52.7 Å². The van der Waals surface area contributed by atoms with E-state index in [2.05, 4.69) is 4.85 Å². The summed E-state index contributed by atoms with van der Waals surface area (Å²) in [6, 6.07) is 3.44. The highest BCUT2D eigenvalue weighted by molar-refractivity contribution is 5.99. The van der Waals surface area contributed by atoms with Gasteiger partial charge in [-0.3, -0.25) is 9.59 Å². The molecule has 2 aromatic rings. The lowest BCUT2D eigenvalue weighted by Gasteiger charge is -2.15. The first-order chi connectivity index (χ1) is 10.1. The molecule has 5 heteroatoms. The van der Waals surface area contributed by atoms with Crippen LogP contribution in [0, 0.1) is 6.57 Å². The molecule has 3 rings (SSSR count). The molecule has 0 atom stereocenters. The second-order valence-electron chi connectivity index (χ2n) is 5.19. The van der Waals surface area contributed by atoms with Crippen LogP contribution in [0.1, 0.15) is 36.2 Å². The summed E-state index contributed by atoms with van der Waals surface area (Å²) in [5, 5.41) is 0.429. The first-order valence-corrected chi connectivity index (χ1v) is 6.72. The van der Waals surface area contributed by atoms with Crippen molar-refractivity contribution >= 4 is 22.4 Å². The zero-order chi connectivity index (χ0) is 15.1. The van der Waals surface area contributed by atoms with Gasteiger partial charge in [-0.25, -0.2) is 4.85 Å². The highest BCUT2D eigenvalue weighted by Crippen LogP contribution is 2.42. The number of hydrogen-bond donors (Lipinski definition) is 0. The molecule has 0 radical (unpaired) electrons. The number of benzene rings is 1. The molecule has 0 aliphatic heterocycles. The summed E-state index contributed by atoms with van der Waals surface area (Å²) in [5.41, 5.74) is 0.870. The van der Waals surface area contributed by atoms with Gasteiger partial charge in [0.05, 0.1) is 24.8 Å². The Balaban J connectivity index is 2.50. The summed E-state index contributed by atoms with van der Waals surface area (Å²) >= 11 is 0. The van der Waals surface area contributed by atoms with Crippen molar-refractivity contribution in [2.75, 3.05) is 7.11 Å². The van der Waals surface area contributed by atoms with Crippen molar-refractivity contribution in [1.29, 1.82) is 0 Å². The maximum absolute atomic E-state index is 12.5. The molecule has 0 spiro atoms. The summed E-state index contributed by atoms with van der Waals surface area (Å²) in [6.07, 6.45) is 3.61. The Morgan fingerprint density at radius 2 is 2.14 bits per heavy atom. The number of methoxy groups -OCH3 is 1. The van der Waals surface area contributed by atoms with Crippen molar-refractivity contribution in [3.8, 4) is 5.75 Å². The second kappa shape index (κ2) is 4.74. The minimum absolute atomic E-state index is 0.187. The molecule has 0 unspecified atom stereocenters. The number of rotatable bonds is 3. The molecule has 1 heterocycles. The van der Waals surface area contributed by atoms with Gasteiger partial charge in [0, 0.05) is 17.6 Å². The Morgan fingerprint density at radius 3 is 2.67 bits per heavy atom. The van der Waals surface area contributed by atoms with Gasteiger partial charge in [0.2, 0.25) is 5.69 Å². The standard InChI is InChI=1S/C16H14N2O3/c1-9(19)12-8-18(10-4-5-10)14-11(15(12)20)6-7-13(17-2)16(14)21-3/h6-8,10H,4-5H2,1,3H3. The summed E-state index contributed by atoms with van der Waals surface area (Å²) in [5.74, 6) is 0.158. The third-order valence-corrected chi connectivity index (χ3v) is 3.77. The normalized spacial score (nSPS) is 14.0. The minimum Gasteiger partial charge on any atom is -0.506 e. The zero-order valence-corrected chi connectivity index (χ0v) is 11.8. The number of ketones is 1. The zero-order valence-electron chi connectivity index (χ0n) is 11.8. The fourth-order valence-corrected chi connectivity index (χ4v) is 2.59. The van der Waals surface area contributed by atoms with Crippen molar-refractivity contribution < 1.29 is 9.53 Å². The van der Waals surface area contributed by atoms with E-state index in [1.807, 2.05) is 4.57 Å². The minimum atomic E-state index is -0.302. The number of carbonyl (C=O) groups excluding carboxylic acids is 1. The van der Waals surface area contributed by atoms with Crippen molar-refractivity contribution in [3.05, 3.63) is 45.5 Å².